The summed E-state index contributed by atoms with van der Waals surface area (Å²) in [5, 5.41) is 0.829. The number of rotatable bonds is 3. The summed E-state index contributed by atoms with van der Waals surface area (Å²) >= 11 is 2.05. The van der Waals surface area contributed by atoms with E-state index in [9.17, 15) is 0 Å². The first-order valence-corrected chi connectivity index (χ1v) is 8.59. The lowest BCUT2D eigenvalue weighted by atomic mass is 9.93. The molecule has 0 spiro atoms. The molecule has 0 aliphatic heterocycles. The predicted octanol–water partition coefficient (Wildman–Crippen LogP) is 3.38. The number of aromatic nitrogens is 2. The molecular formula is C15H23N3S. The molecule has 1 aromatic rings. The van der Waals surface area contributed by atoms with Crippen LogP contribution in [-0.4, -0.2) is 15.2 Å². The molecule has 1 heterocycles. The van der Waals surface area contributed by atoms with E-state index in [0.29, 0.717) is 0 Å². The van der Waals surface area contributed by atoms with Crippen LogP contribution in [0.15, 0.2) is 6.20 Å². The lowest BCUT2D eigenvalue weighted by Crippen LogP contribution is -2.19. The molecule has 2 aliphatic carbocycles. The number of fused-ring (bicyclic) bond motifs is 1. The number of hydrogen-bond donors (Lipinski definition) is 1. The van der Waals surface area contributed by atoms with Crippen LogP contribution < -0.4 is 5.73 Å². The Morgan fingerprint density at radius 3 is 2.84 bits per heavy atom. The SMILES string of the molecule is NC1CCCc2nc(CSC3CCCCC3)ncc21. The fraction of sp³-hybridized carbons (Fsp3) is 0.733. The summed E-state index contributed by atoms with van der Waals surface area (Å²) < 4.78 is 0. The van der Waals surface area contributed by atoms with Gasteiger partial charge in [-0.3, -0.25) is 0 Å². The summed E-state index contributed by atoms with van der Waals surface area (Å²) in [6, 6.07) is 0.156. The van der Waals surface area contributed by atoms with Crippen LogP contribution in [0, 0.1) is 0 Å². The van der Waals surface area contributed by atoms with Crippen LogP contribution in [0.2, 0.25) is 0 Å². The Labute approximate surface area is 119 Å². The van der Waals surface area contributed by atoms with Crippen molar-refractivity contribution in [3.05, 3.63) is 23.3 Å². The Morgan fingerprint density at radius 2 is 2.00 bits per heavy atom. The van der Waals surface area contributed by atoms with Crippen molar-refractivity contribution >= 4 is 11.8 Å². The van der Waals surface area contributed by atoms with Gasteiger partial charge in [0.05, 0.1) is 5.75 Å². The van der Waals surface area contributed by atoms with E-state index in [-0.39, 0.29) is 6.04 Å². The maximum Gasteiger partial charge on any atom is 0.138 e. The van der Waals surface area contributed by atoms with Crippen molar-refractivity contribution < 1.29 is 0 Å². The van der Waals surface area contributed by atoms with Gasteiger partial charge < -0.3 is 5.73 Å². The normalized spacial score (nSPS) is 24.2. The van der Waals surface area contributed by atoms with Crippen LogP contribution in [0.1, 0.15) is 68.1 Å². The first-order valence-electron chi connectivity index (χ1n) is 7.55. The van der Waals surface area contributed by atoms with Crippen LogP contribution in [0.3, 0.4) is 0 Å². The molecule has 1 atom stereocenters. The number of hydrogen-bond acceptors (Lipinski definition) is 4. The Kier molecular flexibility index (Phi) is 4.38. The minimum atomic E-state index is 0.156. The van der Waals surface area contributed by atoms with E-state index in [0.717, 1.165) is 29.7 Å². The second kappa shape index (κ2) is 6.23. The first-order chi connectivity index (χ1) is 9.33. The average Bonchev–Trinajstić information content (AvgIpc) is 2.46. The van der Waals surface area contributed by atoms with Gasteiger partial charge in [-0.2, -0.15) is 11.8 Å². The third-order valence-electron chi connectivity index (χ3n) is 4.28. The number of aryl methyl sites for hydroxylation is 1. The molecule has 1 unspecified atom stereocenters. The van der Waals surface area contributed by atoms with Gasteiger partial charge in [0, 0.05) is 28.7 Å². The number of nitrogens with two attached hydrogens (primary N) is 1. The fourth-order valence-corrected chi connectivity index (χ4v) is 4.31. The maximum absolute atomic E-state index is 6.10. The topological polar surface area (TPSA) is 51.8 Å². The summed E-state index contributed by atoms with van der Waals surface area (Å²) in [6.07, 6.45) is 12.3. The van der Waals surface area contributed by atoms with E-state index in [1.807, 2.05) is 18.0 Å². The summed E-state index contributed by atoms with van der Waals surface area (Å²) in [6.45, 7) is 0. The van der Waals surface area contributed by atoms with Gasteiger partial charge in [-0.1, -0.05) is 19.3 Å². The van der Waals surface area contributed by atoms with Crippen molar-refractivity contribution in [2.24, 2.45) is 5.73 Å². The highest BCUT2D eigenvalue weighted by Crippen LogP contribution is 2.31. The van der Waals surface area contributed by atoms with E-state index in [4.69, 9.17) is 10.7 Å². The highest BCUT2D eigenvalue weighted by atomic mass is 32.2. The zero-order valence-corrected chi connectivity index (χ0v) is 12.3. The Balaban J connectivity index is 1.62. The Morgan fingerprint density at radius 1 is 1.16 bits per heavy atom. The summed E-state index contributed by atoms with van der Waals surface area (Å²) in [5.74, 6) is 1.97. The number of thioether (sulfide) groups is 1. The van der Waals surface area contributed by atoms with Gasteiger partial charge in [0.1, 0.15) is 5.82 Å². The van der Waals surface area contributed by atoms with E-state index in [2.05, 4.69) is 4.98 Å². The second-order valence-electron chi connectivity index (χ2n) is 5.76. The Bertz CT molecular complexity index is 429. The minimum Gasteiger partial charge on any atom is -0.324 e. The number of nitrogens with zero attached hydrogens (tertiary/aromatic N) is 2. The molecule has 4 heteroatoms. The lowest BCUT2D eigenvalue weighted by molar-refractivity contribution is 0.515. The van der Waals surface area contributed by atoms with Crippen molar-refractivity contribution in [1.29, 1.82) is 0 Å². The van der Waals surface area contributed by atoms with Gasteiger partial charge in [-0.25, -0.2) is 9.97 Å². The van der Waals surface area contributed by atoms with Gasteiger partial charge in [0.15, 0.2) is 0 Å². The quantitative estimate of drug-likeness (QED) is 0.920. The molecule has 0 radical (unpaired) electrons. The molecule has 1 saturated carbocycles. The van der Waals surface area contributed by atoms with Crippen LogP contribution in [-0.2, 0) is 12.2 Å². The molecule has 2 N–H and O–H groups in total. The first kappa shape index (κ1) is 13.4. The van der Waals surface area contributed by atoms with Crippen LogP contribution in [0.4, 0.5) is 0 Å². The zero-order valence-electron chi connectivity index (χ0n) is 11.5. The van der Waals surface area contributed by atoms with Crippen LogP contribution in [0.5, 0.6) is 0 Å². The zero-order chi connectivity index (χ0) is 13.1. The molecule has 1 aromatic heterocycles. The largest absolute Gasteiger partial charge is 0.324 e. The third kappa shape index (κ3) is 3.29. The molecule has 0 bridgehead atoms. The van der Waals surface area contributed by atoms with Crippen molar-refractivity contribution in [3.8, 4) is 0 Å². The van der Waals surface area contributed by atoms with E-state index < -0.39 is 0 Å². The highest BCUT2D eigenvalue weighted by molar-refractivity contribution is 7.99. The Hall–Kier alpha value is -0.610. The van der Waals surface area contributed by atoms with Crippen LogP contribution >= 0.6 is 11.8 Å². The molecule has 1 fully saturated rings. The van der Waals surface area contributed by atoms with Gasteiger partial charge >= 0.3 is 0 Å². The molecule has 2 aliphatic rings. The van der Waals surface area contributed by atoms with Gasteiger partial charge in [-0.15, -0.1) is 0 Å². The maximum atomic E-state index is 6.10. The molecule has 3 nitrogen and oxygen atoms in total. The van der Waals surface area contributed by atoms with Gasteiger partial charge in [0.2, 0.25) is 0 Å². The van der Waals surface area contributed by atoms with Crippen molar-refractivity contribution in [3.63, 3.8) is 0 Å². The fourth-order valence-electron chi connectivity index (χ4n) is 3.12. The van der Waals surface area contributed by atoms with E-state index >= 15 is 0 Å². The summed E-state index contributed by atoms with van der Waals surface area (Å²) in [5.41, 5.74) is 8.48. The molecule has 0 aromatic carbocycles. The van der Waals surface area contributed by atoms with Crippen LogP contribution in [0.25, 0.3) is 0 Å². The third-order valence-corrected chi connectivity index (χ3v) is 5.65. The molecule has 19 heavy (non-hydrogen) atoms. The molecule has 104 valence electrons. The second-order valence-corrected chi connectivity index (χ2v) is 7.05. The minimum absolute atomic E-state index is 0.156. The predicted molar refractivity (Wildman–Crippen MR) is 80.1 cm³/mol. The van der Waals surface area contributed by atoms with Gasteiger partial charge in [-0.05, 0) is 32.1 Å². The van der Waals surface area contributed by atoms with E-state index in [1.165, 1.54) is 49.8 Å². The standard InChI is InChI=1S/C15H23N3S/c16-13-7-4-8-14-12(13)9-17-15(18-14)10-19-11-5-2-1-3-6-11/h9,11,13H,1-8,10,16H2. The monoisotopic (exact) mass is 277 g/mol. The summed E-state index contributed by atoms with van der Waals surface area (Å²) in [7, 11) is 0. The highest BCUT2D eigenvalue weighted by Gasteiger charge is 2.19. The van der Waals surface area contributed by atoms with Crippen molar-refractivity contribution in [2.75, 3.05) is 0 Å². The lowest BCUT2D eigenvalue weighted by Gasteiger charge is -2.22. The molecule has 0 amide bonds. The molecule has 0 saturated heterocycles. The van der Waals surface area contributed by atoms with Crippen molar-refractivity contribution in [1.82, 2.24) is 9.97 Å². The molecular weight excluding hydrogens is 254 g/mol. The van der Waals surface area contributed by atoms with Crippen molar-refractivity contribution in [2.45, 2.75) is 68.4 Å². The summed E-state index contributed by atoms with van der Waals surface area (Å²) in [4.78, 5) is 9.25. The average molecular weight is 277 g/mol. The smallest absolute Gasteiger partial charge is 0.138 e. The molecule has 3 rings (SSSR count). The van der Waals surface area contributed by atoms with Gasteiger partial charge in [0.25, 0.3) is 0 Å². The van der Waals surface area contributed by atoms with E-state index in [1.54, 1.807) is 0 Å².